The summed E-state index contributed by atoms with van der Waals surface area (Å²) in [6.07, 6.45) is 1.99. The average Bonchev–Trinajstić information content (AvgIpc) is 2.53. The first-order chi connectivity index (χ1) is 9.72. The third-order valence-corrected chi connectivity index (χ3v) is 4.56. The van der Waals surface area contributed by atoms with Gasteiger partial charge in [0.25, 0.3) is 0 Å². The Labute approximate surface area is 122 Å². The second-order valence-electron chi connectivity index (χ2n) is 4.62. The minimum Gasteiger partial charge on any atom is -0.289 e. The van der Waals surface area contributed by atoms with Gasteiger partial charge in [-0.05, 0) is 30.7 Å². The van der Waals surface area contributed by atoms with Gasteiger partial charge >= 0.3 is 0 Å². The molecule has 2 nitrogen and oxygen atoms in total. The third kappa shape index (κ3) is 3.64. The molecule has 0 aliphatic carbocycles. The summed E-state index contributed by atoms with van der Waals surface area (Å²) in [5, 5.41) is 0. The van der Waals surface area contributed by atoms with Crippen molar-refractivity contribution in [3.05, 3.63) is 65.7 Å². The molecule has 3 heteroatoms. The van der Waals surface area contributed by atoms with E-state index in [9.17, 15) is 9.00 Å². The second kappa shape index (κ2) is 7.15. The van der Waals surface area contributed by atoms with E-state index in [1.807, 2.05) is 18.2 Å². The monoisotopic (exact) mass is 286 g/mol. The van der Waals surface area contributed by atoms with Crippen LogP contribution in [0, 0.1) is 0 Å². The Morgan fingerprint density at radius 2 is 1.55 bits per heavy atom. The molecule has 0 bridgehead atoms. The van der Waals surface area contributed by atoms with E-state index in [-0.39, 0.29) is 5.78 Å². The molecule has 1 unspecified atom stereocenters. The largest absolute Gasteiger partial charge is 0.289 e. The number of rotatable bonds is 6. The maximum atomic E-state index is 12.2. The molecular formula is C17H18O2S. The van der Waals surface area contributed by atoms with E-state index in [2.05, 4.69) is 6.92 Å². The van der Waals surface area contributed by atoms with Crippen molar-refractivity contribution in [1.82, 2.24) is 0 Å². The van der Waals surface area contributed by atoms with Crippen molar-refractivity contribution >= 4 is 16.6 Å². The quantitative estimate of drug-likeness (QED) is 0.756. The van der Waals surface area contributed by atoms with Gasteiger partial charge in [-0.2, -0.15) is 0 Å². The van der Waals surface area contributed by atoms with Gasteiger partial charge in [-0.15, -0.1) is 0 Å². The van der Waals surface area contributed by atoms with Crippen molar-refractivity contribution in [2.45, 2.75) is 24.7 Å². The zero-order valence-electron chi connectivity index (χ0n) is 11.5. The van der Waals surface area contributed by atoms with Gasteiger partial charge in [0.15, 0.2) is 5.78 Å². The smallest absolute Gasteiger partial charge is 0.193 e. The van der Waals surface area contributed by atoms with Crippen LogP contribution in [0.4, 0.5) is 0 Å². The molecule has 104 valence electrons. The highest BCUT2D eigenvalue weighted by Gasteiger charge is 2.09. The van der Waals surface area contributed by atoms with Gasteiger partial charge in [-0.3, -0.25) is 9.00 Å². The van der Waals surface area contributed by atoms with Crippen molar-refractivity contribution in [2.75, 3.05) is 5.75 Å². The molecule has 1 atom stereocenters. The van der Waals surface area contributed by atoms with E-state index in [1.54, 1.807) is 36.4 Å². The predicted molar refractivity (Wildman–Crippen MR) is 82.5 cm³/mol. The molecule has 0 amide bonds. The summed E-state index contributed by atoms with van der Waals surface area (Å²) in [6, 6.07) is 16.3. The Kier molecular flexibility index (Phi) is 5.24. The van der Waals surface area contributed by atoms with E-state index in [4.69, 9.17) is 0 Å². The Balaban J connectivity index is 2.12. The number of hydrogen-bond donors (Lipinski definition) is 0. The maximum Gasteiger partial charge on any atom is 0.193 e. The van der Waals surface area contributed by atoms with Crippen LogP contribution in [0.25, 0.3) is 0 Å². The van der Waals surface area contributed by atoms with Gasteiger partial charge in [0, 0.05) is 21.8 Å². The predicted octanol–water partition coefficient (Wildman–Crippen LogP) is 3.83. The topological polar surface area (TPSA) is 34.1 Å². The van der Waals surface area contributed by atoms with Crippen molar-refractivity contribution in [3.8, 4) is 0 Å². The van der Waals surface area contributed by atoms with Crippen molar-refractivity contribution < 1.29 is 9.00 Å². The number of hydrogen-bond acceptors (Lipinski definition) is 2. The van der Waals surface area contributed by atoms with Crippen LogP contribution in [0.1, 0.15) is 35.7 Å². The van der Waals surface area contributed by atoms with E-state index >= 15 is 0 Å². The lowest BCUT2D eigenvalue weighted by molar-refractivity contribution is 0.103. The third-order valence-electron chi connectivity index (χ3n) is 3.10. The molecule has 0 fully saturated rings. The summed E-state index contributed by atoms with van der Waals surface area (Å²) in [5.41, 5.74) is 1.31. The van der Waals surface area contributed by atoms with E-state index in [0.29, 0.717) is 16.9 Å². The summed E-state index contributed by atoms with van der Waals surface area (Å²) in [7, 11) is -0.961. The second-order valence-corrected chi connectivity index (χ2v) is 6.19. The van der Waals surface area contributed by atoms with Gasteiger partial charge in [0.05, 0.1) is 10.8 Å². The molecule has 2 aromatic rings. The molecule has 20 heavy (non-hydrogen) atoms. The van der Waals surface area contributed by atoms with Crippen LogP contribution < -0.4 is 0 Å². The summed E-state index contributed by atoms with van der Waals surface area (Å²) >= 11 is 0. The fourth-order valence-electron chi connectivity index (χ4n) is 1.91. The van der Waals surface area contributed by atoms with E-state index in [1.165, 1.54) is 0 Å². The summed E-state index contributed by atoms with van der Waals surface area (Å²) in [5.74, 6) is 0.680. The van der Waals surface area contributed by atoms with Crippen LogP contribution in [0.15, 0.2) is 59.5 Å². The molecule has 0 aliphatic rings. The van der Waals surface area contributed by atoms with E-state index in [0.717, 1.165) is 17.7 Å². The first kappa shape index (κ1) is 14.7. The molecule has 0 spiro atoms. The molecule has 0 heterocycles. The molecule has 0 N–H and O–H groups in total. The molecule has 0 radical (unpaired) electrons. The minimum atomic E-state index is -0.961. The molecular weight excluding hydrogens is 268 g/mol. The Hall–Kier alpha value is -1.74. The number of unbranched alkanes of at least 4 members (excludes halogenated alkanes) is 1. The van der Waals surface area contributed by atoms with E-state index < -0.39 is 10.8 Å². The molecule has 0 aliphatic heterocycles. The lowest BCUT2D eigenvalue weighted by atomic mass is 10.0. The van der Waals surface area contributed by atoms with Gasteiger partial charge in [0.2, 0.25) is 0 Å². The highest BCUT2D eigenvalue weighted by atomic mass is 32.2. The van der Waals surface area contributed by atoms with Gasteiger partial charge in [0.1, 0.15) is 0 Å². The first-order valence-corrected chi connectivity index (χ1v) is 8.12. The zero-order chi connectivity index (χ0) is 14.4. The standard InChI is InChI=1S/C17H18O2S/c1-2-3-13-20(19)16-11-9-15(10-12-16)17(18)14-7-5-4-6-8-14/h4-12H,2-3,13H2,1H3. The summed E-state index contributed by atoms with van der Waals surface area (Å²) in [6.45, 7) is 2.08. The number of carbonyl (C=O) groups is 1. The lowest BCUT2D eigenvalue weighted by Crippen LogP contribution is -2.02. The number of carbonyl (C=O) groups excluding carboxylic acids is 1. The van der Waals surface area contributed by atoms with Crippen LogP contribution >= 0.6 is 0 Å². The molecule has 0 saturated heterocycles. The first-order valence-electron chi connectivity index (χ1n) is 6.80. The highest BCUT2D eigenvalue weighted by Crippen LogP contribution is 2.14. The fourth-order valence-corrected chi connectivity index (χ4v) is 3.13. The fraction of sp³-hybridized carbons (Fsp3) is 0.235. The Bertz CT molecular complexity index is 588. The van der Waals surface area contributed by atoms with Crippen molar-refractivity contribution in [1.29, 1.82) is 0 Å². The normalized spacial score (nSPS) is 12.1. The summed E-state index contributed by atoms with van der Waals surface area (Å²) in [4.78, 5) is 13.0. The van der Waals surface area contributed by atoms with Gasteiger partial charge in [-0.25, -0.2) is 0 Å². The van der Waals surface area contributed by atoms with Crippen LogP contribution in [-0.4, -0.2) is 15.7 Å². The average molecular weight is 286 g/mol. The SMILES string of the molecule is CCCCS(=O)c1ccc(C(=O)c2ccccc2)cc1. The molecule has 2 rings (SSSR count). The maximum absolute atomic E-state index is 12.2. The van der Waals surface area contributed by atoms with Crippen LogP contribution in [-0.2, 0) is 10.8 Å². The lowest BCUT2D eigenvalue weighted by Gasteiger charge is -2.04. The highest BCUT2D eigenvalue weighted by molar-refractivity contribution is 7.85. The van der Waals surface area contributed by atoms with Gasteiger partial charge < -0.3 is 0 Å². The number of benzene rings is 2. The summed E-state index contributed by atoms with van der Waals surface area (Å²) < 4.78 is 12.0. The zero-order valence-corrected chi connectivity index (χ0v) is 12.4. The van der Waals surface area contributed by atoms with Gasteiger partial charge in [-0.1, -0.05) is 43.7 Å². The number of ketones is 1. The Morgan fingerprint density at radius 3 is 2.15 bits per heavy atom. The van der Waals surface area contributed by atoms with Crippen LogP contribution in [0.2, 0.25) is 0 Å². The minimum absolute atomic E-state index is 0.00325. The van der Waals surface area contributed by atoms with Crippen LogP contribution in [0.5, 0.6) is 0 Å². The van der Waals surface area contributed by atoms with Crippen molar-refractivity contribution in [3.63, 3.8) is 0 Å². The Morgan fingerprint density at radius 1 is 0.950 bits per heavy atom. The molecule has 0 aromatic heterocycles. The molecule has 2 aromatic carbocycles. The van der Waals surface area contributed by atoms with Crippen molar-refractivity contribution in [2.24, 2.45) is 0 Å². The molecule has 0 saturated carbocycles. The van der Waals surface area contributed by atoms with Crippen LogP contribution in [0.3, 0.4) is 0 Å².